The third kappa shape index (κ3) is 2.93. The molecule has 24 heavy (non-hydrogen) atoms. The highest BCUT2D eigenvalue weighted by atomic mass is 32.1. The van der Waals surface area contributed by atoms with Crippen molar-refractivity contribution in [1.29, 1.82) is 0 Å². The highest BCUT2D eigenvalue weighted by Crippen LogP contribution is 2.19. The van der Waals surface area contributed by atoms with Gasteiger partial charge in [-0.25, -0.2) is 0 Å². The molecule has 0 aliphatic rings. The maximum Gasteiger partial charge on any atom is 0.234 e. The van der Waals surface area contributed by atoms with E-state index in [0.717, 1.165) is 32.9 Å². The zero-order chi connectivity index (χ0) is 16.4. The number of hydrogen-bond donors (Lipinski definition) is 0. The molecule has 0 unspecified atom stereocenters. The zero-order valence-corrected chi connectivity index (χ0v) is 13.7. The van der Waals surface area contributed by atoms with Gasteiger partial charge in [0.1, 0.15) is 16.5 Å². The van der Waals surface area contributed by atoms with Crippen LogP contribution in [0, 0.1) is 0 Å². The Morgan fingerprint density at radius 2 is 2.04 bits per heavy atom. The van der Waals surface area contributed by atoms with Crippen LogP contribution in [0.15, 0.2) is 47.1 Å². The quantitative estimate of drug-likeness (QED) is 0.557. The number of nitrogens with zero attached hydrogens (tertiary/aromatic N) is 4. The monoisotopic (exact) mass is 338 g/mol. The maximum atomic E-state index is 5.28. The van der Waals surface area contributed by atoms with Gasteiger partial charge in [-0.15, -0.1) is 10.2 Å². The van der Waals surface area contributed by atoms with E-state index in [0.29, 0.717) is 6.42 Å². The summed E-state index contributed by atoms with van der Waals surface area (Å²) in [5.74, 6) is 2.44. The van der Waals surface area contributed by atoms with Crippen molar-refractivity contribution in [2.75, 3.05) is 7.11 Å². The maximum absolute atomic E-state index is 5.28. The van der Waals surface area contributed by atoms with E-state index in [-0.39, 0.29) is 0 Å². The number of benzene rings is 1. The Kier molecular flexibility index (Phi) is 3.84. The van der Waals surface area contributed by atoms with Crippen LogP contribution >= 0.6 is 11.3 Å². The van der Waals surface area contributed by atoms with Crippen molar-refractivity contribution in [1.82, 2.24) is 19.8 Å². The summed E-state index contributed by atoms with van der Waals surface area (Å²) in [6, 6.07) is 11.7. The molecule has 0 radical (unpaired) electrons. The first kappa shape index (κ1) is 14.6. The van der Waals surface area contributed by atoms with Crippen molar-refractivity contribution < 1.29 is 9.15 Å². The molecule has 0 saturated heterocycles. The fourth-order valence-electron chi connectivity index (χ4n) is 2.32. The molecular formula is C17H14N4O2S. The summed E-state index contributed by atoms with van der Waals surface area (Å²) in [4.78, 5) is 0.776. The average Bonchev–Trinajstić information content (AvgIpc) is 3.32. The summed E-state index contributed by atoms with van der Waals surface area (Å²) >= 11 is 1.49. The lowest BCUT2D eigenvalue weighted by Crippen LogP contribution is -1.97. The predicted molar refractivity (Wildman–Crippen MR) is 92.1 cm³/mol. The molecule has 4 rings (SSSR count). The summed E-state index contributed by atoms with van der Waals surface area (Å²) in [6.07, 6.45) is 6.10. The van der Waals surface area contributed by atoms with Gasteiger partial charge in [0.15, 0.2) is 5.82 Å². The van der Waals surface area contributed by atoms with Crippen LogP contribution in [0.2, 0.25) is 0 Å². The van der Waals surface area contributed by atoms with Crippen LogP contribution in [-0.2, 0) is 6.42 Å². The summed E-state index contributed by atoms with van der Waals surface area (Å²) in [5.41, 5.74) is 1.13. The fourth-order valence-corrected chi connectivity index (χ4v) is 3.08. The smallest absolute Gasteiger partial charge is 0.234 e. The molecule has 0 spiro atoms. The summed E-state index contributed by atoms with van der Waals surface area (Å²) in [5, 5.41) is 13.8. The van der Waals surface area contributed by atoms with E-state index in [1.165, 1.54) is 11.3 Å². The molecule has 0 saturated carbocycles. The minimum atomic E-state index is 0.663. The van der Waals surface area contributed by atoms with Gasteiger partial charge in [-0.2, -0.15) is 9.61 Å². The highest BCUT2D eigenvalue weighted by molar-refractivity contribution is 7.17. The van der Waals surface area contributed by atoms with Crippen LogP contribution in [0.3, 0.4) is 0 Å². The number of rotatable bonds is 5. The molecule has 0 amide bonds. The van der Waals surface area contributed by atoms with E-state index in [2.05, 4.69) is 15.3 Å². The van der Waals surface area contributed by atoms with E-state index < -0.39 is 0 Å². The van der Waals surface area contributed by atoms with Crippen LogP contribution in [0.4, 0.5) is 0 Å². The van der Waals surface area contributed by atoms with Gasteiger partial charge in [0.05, 0.1) is 13.4 Å². The number of fused-ring (bicyclic) bond motifs is 1. The van der Waals surface area contributed by atoms with Crippen molar-refractivity contribution in [3.63, 3.8) is 0 Å². The van der Waals surface area contributed by atoms with E-state index in [9.17, 15) is 0 Å². The summed E-state index contributed by atoms with van der Waals surface area (Å²) in [6.45, 7) is 0. The van der Waals surface area contributed by atoms with E-state index >= 15 is 0 Å². The number of ether oxygens (including phenoxy) is 1. The van der Waals surface area contributed by atoms with E-state index in [1.54, 1.807) is 17.9 Å². The van der Waals surface area contributed by atoms with Crippen molar-refractivity contribution in [3.05, 3.63) is 64.8 Å². The molecule has 6 nitrogen and oxygen atoms in total. The molecule has 3 heterocycles. The third-order valence-electron chi connectivity index (χ3n) is 3.53. The second kappa shape index (κ2) is 6.29. The first-order valence-corrected chi connectivity index (χ1v) is 8.19. The lowest BCUT2D eigenvalue weighted by atomic mass is 10.1. The number of aromatic nitrogens is 4. The molecule has 0 bridgehead atoms. The van der Waals surface area contributed by atoms with Gasteiger partial charge in [0.2, 0.25) is 4.96 Å². The average molecular weight is 338 g/mol. The lowest BCUT2D eigenvalue weighted by Gasteiger charge is -2.01. The van der Waals surface area contributed by atoms with Crippen LogP contribution in [0.25, 0.3) is 17.1 Å². The summed E-state index contributed by atoms with van der Waals surface area (Å²) in [7, 11) is 1.66. The van der Waals surface area contributed by atoms with Gasteiger partial charge >= 0.3 is 0 Å². The predicted octanol–water partition coefficient (Wildman–Crippen LogP) is 3.55. The van der Waals surface area contributed by atoms with Crippen LogP contribution in [0.5, 0.6) is 5.75 Å². The third-order valence-corrected chi connectivity index (χ3v) is 4.39. The second-order valence-corrected chi connectivity index (χ2v) is 6.11. The van der Waals surface area contributed by atoms with Gasteiger partial charge in [0, 0.05) is 6.42 Å². The normalized spacial score (nSPS) is 11.5. The minimum absolute atomic E-state index is 0.663. The molecule has 0 aliphatic heterocycles. The molecule has 1 aromatic carbocycles. The fraction of sp³-hybridized carbons (Fsp3) is 0.118. The van der Waals surface area contributed by atoms with Crippen molar-refractivity contribution in [2.24, 2.45) is 0 Å². The lowest BCUT2D eigenvalue weighted by molar-refractivity contribution is 0.414. The second-order valence-electron chi connectivity index (χ2n) is 5.12. The summed E-state index contributed by atoms with van der Waals surface area (Å²) < 4.78 is 12.2. The van der Waals surface area contributed by atoms with Gasteiger partial charge in [-0.05, 0) is 42.0 Å². The molecule has 4 aromatic rings. The van der Waals surface area contributed by atoms with Gasteiger partial charge in [-0.3, -0.25) is 0 Å². The largest absolute Gasteiger partial charge is 0.497 e. The first-order valence-electron chi connectivity index (χ1n) is 7.37. The van der Waals surface area contributed by atoms with Gasteiger partial charge in [0.25, 0.3) is 0 Å². The molecule has 3 aromatic heterocycles. The standard InChI is InChI=1S/C17H14N4O2S/c1-22-13-6-4-12(5-7-13)11-15-18-19-17-21(15)20-16(24-17)9-8-14-3-2-10-23-14/h2-10H,11H2,1H3/b9-8+. The van der Waals surface area contributed by atoms with Crippen molar-refractivity contribution in [3.8, 4) is 5.75 Å². The Morgan fingerprint density at radius 1 is 1.17 bits per heavy atom. The van der Waals surface area contributed by atoms with Crippen LogP contribution < -0.4 is 4.74 Å². The van der Waals surface area contributed by atoms with Crippen molar-refractivity contribution in [2.45, 2.75) is 6.42 Å². The van der Waals surface area contributed by atoms with Crippen LogP contribution in [-0.4, -0.2) is 26.9 Å². The molecule has 0 atom stereocenters. The Balaban J connectivity index is 1.57. The van der Waals surface area contributed by atoms with Crippen molar-refractivity contribution >= 4 is 28.4 Å². The highest BCUT2D eigenvalue weighted by Gasteiger charge is 2.11. The number of hydrogen-bond acceptors (Lipinski definition) is 6. The SMILES string of the molecule is COc1ccc(Cc2nnc3sc(/C=C/c4ccco4)nn23)cc1. The van der Waals surface area contributed by atoms with Gasteiger partial charge in [-0.1, -0.05) is 23.5 Å². The zero-order valence-electron chi connectivity index (χ0n) is 12.9. The topological polar surface area (TPSA) is 65.5 Å². The molecule has 120 valence electrons. The Morgan fingerprint density at radius 3 is 2.79 bits per heavy atom. The molecule has 0 fully saturated rings. The molecule has 0 aliphatic carbocycles. The van der Waals surface area contributed by atoms with Crippen LogP contribution in [0.1, 0.15) is 22.2 Å². The van der Waals surface area contributed by atoms with E-state index in [4.69, 9.17) is 9.15 Å². The molecule has 0 N–H and O–H groups in total. The Labute approximate surface area is 142 Å². The Hall–Kier alpha value is -2.93. The molecular weight excluding hydrogens is 324 g/mol. The Bertz CT molecular complexity index is 968. The minimum Gasteiger partial charge on any atom is -0.497 e. The van der Waals surface area contributed by atoms with Gasteiger partial charge < -0.3 is 9.15 Å². The number of methoxy groups -OCH3 is 1. The van der Waals surface area contributed by atoms with E-state index in [1.807, 2.05) is 48.6 Å². The molecule has 7 heteroatoms. The first-order chi connectivity index (χ1) is 11.8. The number of furan rings is 1.